The van der Waals surface area contributed by atoms with Crippen molar-refractivity contribution in [1.29, 1.82) is 0 Å². The molecular weight excluding hydrogens is 723 g/mol. The number of aliphatic imine (C=N–C) groups is 1. The number of nitrogens with zero attached hydrogens (tertiary/aromatic N) is 4. The number of anilines is 3. The molecule has 0 saturated heterocycles. The first kappa shape index (κ1) is 37.9. The van der Waals surface area contributed by atoms with Gasteiger partial charge in [0.2, 0.25) is 0 Å². The molecule has 6 aromatic carbocycles. The van der Waals surface area contributed by atoms with Gasteiger partial charge in [-0.3, -0.25) is 15.6 Å². The zero-order valence-corrected chi connectivity index (χ0v) is 34.1. The average Bonchev–Trinajstić information content (AvgIpc) is 3.92. The van der Waals surface area contributed by atoms with E-state index in [4.69, 9.17) is 4.99 Å². The Kier molecular flexibility index (Phi) is 10.5. The van der Waals surface area contributed by atoms with E-state index in [2.05, 4.69) is 210 Å². The molecule has 0 bridgehead atoms. The third-order valence-corrected chi connectivity index (χ3v) is 11.9. The van der Waals surface area contributed by atoms with Crippen molar-refractivity contribution in [3.05, 3.63) is 192 Å². The van der Waals surface area contributed by atoms with Crippen molar-refractivity contribution in [2.75, 3.05) is 10.2 Å². The fourth-order valence-electron chi connectivity index (χ4n) is 9.07. The SMILES string of the molecule is C=C/C=C\c1c(C)n(CC)c2ccc(C(N=C)NC(NCc3ccc4c(c3)c3ccccc3n4CC)c3ccc(C4Nc5ccccc5N4c4ccccc4)cc3)cc12. The van der Waals surface area contributed by atoms with Gasteiger partial charge in [-0.05, 0) is 104 Å². The van der Waals surface area contributed by atoms with E-state index in [-0.39, 0.29) is 18.5 Å². The van der Waals surface area contributed by atoms with Gasteiger partial charge in [-0.2, -0.15) is 0 Å². The number of benzene rings is 6. The molecule has 59 heavy (non-hydrogen) atoms. The van der Waals surface area contributed by atoms with E-state index >= 15 is 0 Å². The summed E-state index contributed by atoms with van der Waals surface area (Å²) >= 11 is 0. The second-order valence-corrected chi connectivity index (χ2v) is 15.2. The lowest BCUT2D eigenvalue weighted by Gasteiger charge is -2.28. The minimum absolute atomic E-state index is 0.0577. The smallest absolute Gasteiger partial charge is 0.130 e. The maximum atomic E-state index is 4.70. The van der Waals surface area contributed by atoms with Crippen molar-refractivity contribution in [1.82, 2.24) is 19.8 Å². The van der Waals surface area contributed by atoms with Gasteiger partial charge >= 0.3 is 0 Å². The maximum absolute atomic E-state index is 4.70. The molecule has 1 aliphatic rings. The van der Waals surface area contributed by atoms with Crippen molar-refractivity contribution in [2.45, 2.75) is 58.9 Å². The third kappa shape index (κ3) is 6.92. The lowest BCUT2D eigenvalue weighted by molar-refractivity contribution is 0.388. The number of aromatic nitrogens is 2. The number of nitrogens with one attached hydrogen (secondary N) is 3. The fraction of sp³-hybridized carbons (Fsp3) is 0.173. The molecule has 0 saturated carbocycles. The van der Waals surface area contributed by atoms with Crippen LogP contribution in [-0.2, 0) is 19.6 Å². The zero-order valence-electron chi connectivity index (χ0n) is 34.1. The van der Waals surface area contributed by atoms with Gasteiger partial charge in [-0.25, -0.2) is 0 Å². The average molecular weight is 774 g/mol. The number of allylic oxidation sites excluding steroid dienone is 2. The van der Waals surface area contributed by atoms with E-state index < -0.39 is 0 Å². The molecule has 0 amide bonds. The Balaban J connectivity index is 1.07. The Morgan fingerprint density at radius 2 is 1.42 bits per heavy atom. The van der Waals surface area contributed by atoms with Gasteiger partial charge in [0.15, 0.2) is 0 Å². The van der Waals surface area contributed by atoms with Crippen LogP contribution in [0.2, 0.25) is 0 Å². The third-order valence-electron chi connectivity index (χ3n) is 11.9. The summed E-state index contributed by atoms with van der Waals surface area (Å²) in [4.78, 5) is 7.08. The predicted octanol–water partition coefficient (Wildman–Crippen LogP) is 12.3. The first-order valence-corrected chi connectivity index (χ1v) is 20.7. The van der Waals surface area contributed by atoms with Gasteiger partial charge in [0, 0.05) is 69.3 Å². The Morgan fingerprint density at radius 1 is 0.729 bits per heavy atom. The number of aryl methyl sites for hydroxylation is 2. The Hall–Kier alpha value is -6.67. The number of rotatable bonds is 14. The van der Waals surface area contributed by atoms with Gasteiger partial charge in [0.05, 0.1) is 17.5 Å². The molecule has 0 fully saturated rings. The highest BCUT2D eigenvalue weighted by Crippen LogP contribution is 2.46. The molecule has 0 spiro atoms. The molecular formula is C52H51N7. The van der Waals surface area contributed by atoms with Crippen LogP contribution in [0.15, 0.2) is 163 Å². The molecule has 7 heteroatoms. The summed E-state index contributed by atoms with van der Waals surface area (Å²) in [5.41, 5.74) is 14.1. The van der Waals surface area contributed by atoms with E-state index in [1.807, 2.05) is 12.2 Å². The number of hydrogen-bond acceptors (Lipinski definition) is 5. The molecule has 1 aliphatic heterocycles. The molecule has 3 atom stereocenters. The minimum Gasteiger partial charge on any atom is -0.359 e. The van der Waals surface area contributed by atoms with E-state index in [9.17, 15) is 0 Å². The van der Waals surface area contributed by atoms with Gasteiger partial charge < -0.3 is 19.4 Å². The van der Waals surface area contributed by atoms with Gasteiger partial charge in [-0.1, -0.05) is 110 Å². The first-order chi connectivity index (χ1) is 29.0. The van der Waals surface area contributed by atoms with Crippen LogP contribution in [0.25, 0.3) is 38.8 Å². The van der Waals surface area contributed by atoms with Gasteiger partial charge in [0.25, 0.3) is 0 Å². The number of hydrogen-bond donors (Lipinski definition) is 3. The largest absolute Gasteiger partial charge is 0.359 e. The Labute approximate surface area is 347 Å². The van der Waals surface area contributed by atoms with Crippen LogP contribution in [0.4, 0.5) is 17.1 Å². The van der Waals surface area contributed by atoms with Crippen LogP contribution in [0, 0.1) is 6.92 Å². The molecule has 7 nitrogen and oxygen atoms in total. The monoisotopic (exact) mass is 773 g/mol. The first-order valence-electron chi connectivity index (χ1n) is 20.7. The Bertz CT molecular complexity index is 2830. The molecule has 3 heterocycles. The summed E-state index contributed by atoms with van der Waals surface area (Å²) in [6, 6.07) is 50.3. The van der Waals surface area contributed by atoms with Crippen LogP contribution >= 0.6 is 0 Å². The molecule has 0 aliphatic carbocycles. The number of fused-ring (bicyclic) bond motifs is 5. The van der Waals surface area contributed by atoms with Crippen molar-refractivity contribution in [3.8, 4) is 0 Å². The molecule has 0 radical (unpaired) electrons. The predicted molar refractivity (Wildman–Crippen MR) is 250 cm³/mol. The highest BCUT2D eigenvalue weighted by molar-refractivity contribution is 6.08. The fourth-order valence-corrected chi connectivity index (χ4v) is 9.07. The summed E-state index contributed by atoms with van der Waals surface area (Å²) in [5, 5.41) is 15.3. The van der Waals surface area contributed by atoms with Gasteiger partial charge in [-0.15, -0.1) is 0 Å². The Morgan fingerprint density at radius 3 is 2.20 bits per heavy atom. The van der Waals surface area contributed by atoms with E-state index in [0.29, 0.717) is 6.54 Å². The summed E-state index contributed by atoms with van der Waals surface area (Å²) in [6.45, 7) is 17.1. The molecule has 8 aromatic rings. The molecule has 3 N–H and O–H groups in total. The highest BCUT2D eigenvalue weighted by atomic mass is 15.3. The molecule has 3 unspecified atom stereocenters. The van der Waals surface area contributed by atoms with E-state index in [0.717, 1.165) is 41.3 Å². The maximum Gasteiger partial charge on any atom is 0.130 e. The van der Waals surface area contributed by atoms with Crippen molar-refractivity contribution in [3.63, 3.8) is 0 Å². The van der Waals surface area contributed by atoms with Crippen molar-refractivity contribution < 1.29 is 0 Å². The second kappa shape index (κ2) is 16.3. The zero-order chi connectivity index (χ0) is 40.5. The lowest BCUT2D eigenvalue weighted by atomic mass is 10.0. The van der Waals surface area contributed by atoms with Crippen molar-refractivity contribution in [2.24, 2.45) is 4.99 Å². The minimum atomic E-state index is -0.373. The quantitative estimate of drug-likeness (QED) is 0.0585. The molecule has 2 aromatic heterocycles. The number of para-hydroxylation sites is 4. The molecule has 294 valence electrons. The summed E-state index contributed by atoms with van der Waals surface area (Å²) < 4.78 is 4.76. The summed E-state index contributed by atoms with van der Waals surface area (Å²) in [7, 11) is 0. The van der Waals surface area contributed by atoms with Crippen LogP contribution in [-0.4, -0.2) is 15.9 Å². The van der Waals surface area contributed by atoms with Crippen LogP contribution in [0.1, 0.15) is 65.9 Å². The topological polar surface area (TPSA) is 61.6 Å². The second-order valence-electron chi connectivity index (χ2n) is 15.2. The summed E-state index contributed by atoms with van der Waals surface area (Å²) in [5.74, 6) is 0. The van der Waals surface area contributed by atoms with Crippen LogP contribution in [0.5, 0.6) is 0 Å². The standard InChI is InChI=1S/C52H51N7/c1-6-9-19-41-35(4)57(7-2)47-31-29-39(33-44(41)47)50(53-5)56-51(54-34-36-24-30-48-43(32-36)42-20-13-15-22-46(42)58(48)8-3)37-25-27-38(28-26-37)52-55-45-21-14-16-23-49(45)59(52)40-17-11-10-12-18-40/h6,9-33,50-52,54-56H,1,5,7-8,34H2,2-4H3/b19-9-. The molecule has 9 rings (SSSR count). The van der Waals surface area contributed by atoms with Crippen LogP contribution in [0.3, 0.4) is 0 Å². The van der Waals surface area contributed by atoms with Gasteiger partial charge in [0.1, 0.15) is 12.3 Å². The normalized spacial score (nSPS) is 14.9. The van der Waals surface area contributed by atoms with Crippen molar-refractivity contribution >= 4 is 62.6 Å². The van der Waals surface area contributed by atoms with E-state index in [1.165, 1.54) is 55.1 Å². The summed E-state index contributed by atoms with van der Waals surface area (Å²) in [6.07, 6.45) is 5.32. The van der Waals surface area contributed by atoms with E-state index in [1.54, 1.807) is 0 Å². The lowest BCUT2D eigenvalue weighted by Crippen LogP contribution is -2.36. The highest BCUT2D eigenvalue weighted by Gasteiger charge is 2.31. The van der Waals surface area contributed by atoms with Crippen LogP contribution < -0.4 is 20.9 Å².